The van der Waals surface area contributed by atoms with Crippen molar-refractivity contribution in [3.05, 3.63) is 23.8 Å². The maximum Gasteiger partial charge on any atom is 0.335 e. The first-order chi connectivity index (χ1) is 9.92. The molecule has 118 valence electrons. The summed E-state index contributed by atoms with van der Waals surface area (Å²) >= 11 is 0. The van der Waals surface area contributed by atoms with E-state index in [4.69, 9.17) is 5.11 Å². The summed E-state index contributed by atoms with van der Waals surface area (Å²) in [6.45, 7) is 4.77. The van der Waals surface area contributed by atoms with Crippen LogP contribution < -0.4 is 10.0 Å². The van der Waals surface area contributed by atoms with Crippen LogP contribution in [0.1, 0.15) is 43.5 Å². The molecular formula is C14H22N2O4S. The number of benzene rings is 1. The Hall–Kier alpha value is -1.60. The Balaban J connectivity index is 3.05. The van der Waals surface area contributed by atoms with E-state index < -0.39 is 16.0 Å². The Morgan fingerprint density at radius 1 is 1.24 bits per heavy atom. The molecule has 0 aromatic heterocycles. The standard InChI is InChI=1S/C14H22N2O4S/c1-3-5-6-9-16-21(19,20)13-10-11(14(17)18)7-8-12(13)15-4-2/h7-8,10,15-16H,3-6,9H2,1-2H3,(H,17,18). The molecule has 1 rings (SSSR count). The predicted octanol–water partition coefficient (Wildman–Crippen LogP) is 2.29. The first-order valence-electron chi connectivity index (χ1n) is 7.03. The maximum atomic E-state index is 12.3. The van der Waals surface area contributed by atoms with Gasteiger partial charge in [0.25, 0.3) is 0 Å². The van der Waals surface area contributed by atoms with Crippen molar-refractivity contribution in [2.75, 3.05) is 18.4 Å². The predicted molar refractivity (Wildman–Crippen MR) is 82.3 cm³/mol. The third-order valence-corrected chi connectivity index (χ3v) is 4.46. The number of unbranched alkanes of at least 4 members (excludes halogenated alkanes) is 2. The van der Waals surface area contributed by atoms with Gasteiger partial charge in [0.05, 0.1) is 11.3 Å². The number of rotatable bonds is 9. The fourth-order valence-corrected chi connectivity index (χ4v) is 3.15. The van der Waals surface area contributed by atoms with Crippen LogP contribution >= 0.6 is 0 Å². The van der Waals surface area contributed by atoms with E-state index in [0.717, 1.165) is 19.3 Å². The van der Waals surface area contributed by atoms with Gasteiger partial charge in [0.1, 0.15) is 4.90 Å². The van der Waals surface area contributed by atoms with Crippen molar-refractivity contribution in [3.63, 3.8) is 0 Å². The van der Waals surface area contributed by atoms with Crippen LogP contribution in [0, 0.1) is 0 Å². The second-order valence-electron chi connectivity index (χ2n) is 4.65. The Labute approximate surface area is 125 Å². The summed E-state index contributed by atoms with van der Waals surface area (Å²) in [6, 6.07) is 4.05. The van der Waals surface area contributed by atoms with Gasteiger partial charge < -0.3 is 10.4 Å². The summed E-state index contributed by atoms with van der Waals surface area (Å²) in [7, 11) is -3.73. The van der Waals surface area contributed by atoms with Gasteiger partial charge in [-0.3, -0.25) is 0 Å². The number of anilines is 1. The van der Waals surface area contributed by atoms with E-state index in [2.05, 4.69) is 10.0 Å². The molecule has 6 nitrogen and oxygen atoms in total. The molecule has 0 aliphatic rings. The highest BCUT2D eigenvalue weighted by molar-refractivity contribution is 7.89. The molecule has 21 heavy (non-hydrogen) atoms. The molecule has 0 fully saturated rings. The number of carboxylic acids is 1. The molecule has 0 amide bonds. The molecule has 1 aromatic carbocycles. The highest BCUT2D eigenvalue weighted by Gasteiger charge is 2.20. The summed E-state index contributed by atoms with van der Waals surface area (Å²) in [5.74, 6) is -1.15. The number of carbonyl (C=O) groups is 1. The van der Waals surface area contributed by atoms with Crippen LogP contribution in [0.4, 0.5) is 5.69 Å². The van der Waals surface area contributed by atoms with E-state index in [1.165, 1.54) is 18.2 Å². The monoisotopic (exact) mass is 314 g/mol. The van der Waals surface area contributed by atoms with Crippen molar-refractivity contribution in [2.45, 2.75) is 38.0 Å². The topological polar surface area (TPSA) is 95.5 Å². The Morgan fingerprint density at radius 2 is 1.95 bits per heavy atom. The molecule has 0 spiro atoms. The minimum absolute atomic E-state index is 0.0271. The molecule has 0 radical (unpaired) electrons. The number of carboxylic acid groups (broad SMARTS) is 1. The average Bonchev–Trinajstić information content (AvgIpc) is 2.44. The number of aromatic carboxylic acids is 1. The first-order valence-corrected chi connectivity index (χ1v) is 8.51. The lowest BCUT2D eigenvalue weighted by Gasteiger charge is -2.13. The van der Waals surface area contributed by atoms with Crippen molar-refractivity contribution >= 4 is 21.7 Å². The molecule has 1 aromatic rings. The number of hydrogen-bond acceptors (Lipinski definition) is 4. The maximum absolute atomic E-state index is 12.3. The zero-order chi connectivity index (χ0) is 15.9. The third-order valence-electron chi connectivity index (χ3n) is 2.96. The van der Waals surface area contributed by atoms with Crippen LogP contribution in [-0.2, 0) is 10.0 Å². The van der Waals surface area contributed by atoms with Gasteiger partial charge in [0.2, 0.25) is 10.0 Å². The lowest BCUT2D eigenvalue weighted by Crippen LogP contribution is -2.26. The van der Waals surface area contributed by atoms with E-state index in [1.807, 2.05) is 13.8 Å². The van der Waals surface area contributed by atoms with Crippen molar-refractivity contribution in [1.82, 2.24) is 4.72 Å². The summed E-state index contributed by atoms with van der Waals surface area (Å²) in [4.78, 5) is 11.0. The molecule has 7 heteroatoms. The van der Waals surface area contributed by atoms with Gasteiger partial charge in [-0.1, -0.05) is 19.8 Å². The van der Waals surface area contributed by atoms with E-state index in [-0.39, 0.29) is 10.5 Å². The molecular weight excluding hydrogens is 292 g/mol. The summed E-state index contributed by atoms with van der Waals surface area (Å²) in [5.41, 5.74) is 0.357. The zero-order valence-corrected chi connectivity index (χ0v) is 13.2. The highest BCUT2D eigenvalue weighted by atomic mass is 32.2. The Kier molecular flexibility index (Phi) is 6.64. The fraction of sp³-hybridized carbons (Fsp3) is 0.500. The van der Waals surface area contributed by atoms with Gasteiger partial charge in [-0.25, -0.2) is 17.9 Å². The van der Waals surface area contributed by atoms with Gasteiger partial charge in [-0.2, -0.15) is 0 Å². The van der Waals surface area contributed by atoms with Crippen molar-refractivity contribution in [1.29, 1.82) is 0 Å². The van der Waals surface area contributed by atoms with E-state index in [9.17, 15) is 13.2 Å². The Morgan fingerprint density at radius 3 is 2.52 bits per heavy atom. The molecule has 0 saturated heterocycles. The lowest BCUT2D eigenvalue weighted by molar-refractivity contribution is 0.0696. The SMILES string of the molecule is CCCCCNS(=O)(=O)c1cc(C(=O)O)ccc1NCC. The van der Waals surface area contributed by atoms with Crippen LogP contribution in [0.3, 0.4) is 0 Å². The summed E-state index contributed by atoms with van der Waals surface area (Å²) in [5, 5.41) is 11.9. The van der Waals surface area contributed by atoms with Gasteiger partial charge in [0.15, 0.2) is 0 Å². The minimum atomic E-state index is -3.73. The van der Waals surface area contributed by atoms with Gasteiger partial charge in [0, 0.05) is 13.1 Å². The summed E-state index contributed by atoms with van der Waals surface area (Å²) in [6.07, 6.45) is 2.70. The van der Waals surface area contributed by atoms with Crippen molar-refractivity contribution in [3.8, 4) is 0 Å². The third kappa shape index (κ3) is 5.02. The molecule has 0 saturated carbocycles. The number of nitrogens with one attached hydrogen (secondary N) is 2. The lowest BCUT2D eigenvalue weighted by atomic mass is 10.2. The van der Waals surface area contributed by atoms with Gasteiger partial charge in [-0.15, -0.1) is 0 Å². The van der Waals surface area contributed by atoms with Crippen molar-refractivity contribution < 1.29 is 18.3 Å². The van der Waals surface area contributed by atoms with Crippen LogP contribution in [0.25, 0.3) is 0 Å². The number of hydrogen-bond donors (Lipinski definition) is 3. The molecule has 0 bridgehead atoms. The van der Waals surface area contributed by atoms with Gasteiger partial charge >= 0.3 is 5.97 Å². The molecule has 0 aliphatic carbocycles. The quantitative estimate of drug-likeness (QED) is 0.608. The molecule has 0 aliphatic heterocycles. The second kappa shape index (κ2) is 7.99. The summed E-state index contributed by atoms with van der Waals surface area (Å²) < 4.78 is 27.2. The molecule has 0 atom stereocenters. The zero-order valence-electron chi connectivity index (χ0n) is 12.3. The van der Waals surface area contributed by atoms with E-state index >= 15 is 0 Å². The van der Waals surface area contributed by atoms with E-state index in [0.29, 0.717) is 18.8 Å². The molecule has 3 N–H and O–H groups in total. The smallest absolute Gasteiger partial charge is 0.335 e. The second-order valence-corrected chi connectivity index (χ2v) is 6.39. The van der Waals surface area contributed by atoms with Crippen LogP contribution in [-0.4, -0.2) is 32.6 Å². The minimum Gasteiger partial charge on any atom is -0.478 e. The normalized spacial score (nSPS) is 11.3. The van der Waals surface area contributed by atoms with Gasteiger partial charge in [-0.05, 0) is 31.5 Å². The molecule has 0 heterocycles. The van der Waals surface area contributed by atoms with Crippen LogP contribution in [0.2, 0.25) is 0 Å². The highest BCUT2D eigenvalue weighted by Crippen LogP contribution is 2.23. The fourth-order valence-electron chi connectivity index (χ4n) is 1.87. The Bertz CT molecular complexity index is 585. The number of sulfonamides is 1. The first kappa shape index (κ1) is 17.5. The van der Waals surface area contributed by atoms with Crippen LogP contribution in [0.15, 0.2) is 23.1 Å². The van der Waals surface area contributed by atoms with Crippen molar-refractivity contribution in [2.24, 2.45) is 0 Å². The van der Waals surface area contributed by atoms with Crippen LogP contribution in [0.5, 0.6) is 0 Å². The average molecular weight is 314 g/mol. The van der Waals surface area contributed by atoms with E-state index in [1.54, 1.807) is 0 Å². The largest absolute Gasteiger partial charge is 0.478 e. The molecule has 0 unspecified atom stereocenters.